The quantitative estimate of drug-likeness (QED) is 0.495. The fraction of sp³-hybridized carbons (Fsp3) is 0.857. The molecule has 0 spiro atoms. The van der Waals surface area contributed by atoms with Crippen LogP contribution in [-0.2, 0) is 19.1 Å². The highest BCUT2D eigenvalue weighted by Crippen LogP contribution is 2.19. The van der Waals surface area contributed by atoms with E-state index in [0.717, 1.165) is 38.5 Å². The van der Waals surface area contributed by atoms with E-state index in [9.17, 15) is 9.59 Å². The first-order valence-corrected chi connectivity index (χ1v) is 7.10. The van der Waals surface area contributed by atoms with Crippen molar-refractivity contribution >= 4 is 11.9 Å². The Morgan fingerprint density at radius 3 is 1.50 bits per heavy atom. The molecule has 1 heterocycles. The van der Waals surface area contributed by atoms with Crippen molar-refractivity contribution in [1.29, 1.82) is 0 Å². The molecule has 104 valence electrons. The SMILES string of the molecule is CCCCCC1OC(=O)C(CCCCC)OC1=O. The van der Waals surface area contributed by atoms with Crippen molar-refractivity contribution in [3.63, 3.8) is 0 Å². The summed E-state index contributed by atoms with van der Waals surface area (Å²) in [5, 5.41) is 0. The fourth-order valence-corrected chi connectivity index (χ4v) is 2.04. The summed E-state index contributed by atoms with van der Waals surface area (Å²) in [6, 6.07) is 0. The molecule has 1 aliphatic heterocycles. The Labute approximate surface area is 109 Å². The van der Waals surface area contributed by atoms with Crippen LogP contribution >= 0.6 is 0 Å². The van der Waals surface area contributed by atoms with Gasteiger partial charge in [0, 0.05) is 0 Å². The maximum absolute atomic E-state index is 11.7. The molecule has 18 heavy (non-hydrogen) atoms. The van der Waals surface area contributed by atoms with Crippen LogP contribution in [0.1, 0.15) is 65.2 Å². The topological polar surface area (TPSA) is 52.6 Å². The molecule has 0 aromatic carbocycles. The molecule has 0 bridgehead atoms. The Balaban J connectivity index is 2.34. The molecule has 0 saturated carbocycles. The Hall–Kier alpha value is -1.06. The summed E-state index contributed by atoms with van der Waals surface area (Å²) in [6.45, 7) is 4.18. The van der Waals surface area contributed by atoms with Crippen molar-refractivity contribution in [3.05, 3.63) is 0 Å². The first kappa shape index (κ1) is 15.0. The minimum atomic E-state index is -0.675. The van der Waals surface area contributed by atoms with Crippen molar-refractivity contribution < 1.29 is 19.1 Å². The van der Waals surface area contributed by atoms with Gasteiger partial charge in [0.2, 0.25) is 0 Å². The van der Waals surface area contributed by atoms with Gasteiger partial charge in [-0.25, -0.2) is 9.59 Å². The minimum absolute atomic E-state index is 0.368. The van der Waals surface area contributed by atoms with E-state index in [1.807, 2.05) is 0 Å². The van der Waals surface area contributed by atoms with Gasteiger partial charge in [-0.15, -0.1) is 0 Å². The Morgan fingerprint density at radius 1 is 0.778 bits per heavy atom. The monoisotopic (exact) mass is 256 g/mol. The number of hydrogen-bond donors (Lipinski definition) is 0. The lowest BCUT2D eigenvalue weighted by Crippen LogP contribution is -2.43. The number of esters is 2. The third-order valence-corrected chi connectivity index (χ3v) is 3.18. The van der Waals surface area contributed by atoms with Crippen molar-refractivity contribution in [2.75, 3.05) is 0 Å². The minimum Gasteiger partial charge on any atom is -0.448 e. The molecule has 0 amide bonds. The number of cyclic esters (lactones) is 2. The van der Waals surface area contributed by atoms with Crippen LogP contribution in [0.4, 0.5) is 0 Å². The molecule has 0 radical (unpaired) electrons. The zero-order valence-electron chi connectivity index (χ0n) is 11.4. The van der Waals surface area contributed by atoms with Gasteiger partial charge in [0.05, 0.1) is 0 Å². The maximum Gasteiger partial charge on any atom is 0.348 e. The van der Waals surface area contributed by atoms with E-state index in [0.29, 0.717) is 12.8 Å². The number of unbranched alkanes of at least 4 members (excludes halogenated alkanes) is 4. The summed E-state index contributed by atoms with van der Waals surface area (Å²) in [7, 11) is 0. The van der Waals surface area contributed by atoms with Crippen molar-refractivity contribution in [3.8, 4) is 0 Å². The third-order valence-electron chi connectivity index (χ3n) is 3.18. The summed E-state index contributed by atoms with van der Waals surface area (Å²) in [4.78, 5) is 23.4. The van der Waals surface area contributed by atoms with E-state index in [1.54, 1.807) is 0 Å². The maximum atomic E-state index is 11.7. The smallest absolute Gasteiger partial charge is 0.348 e. The van der Waals surface area contributed by atoms with Crippen LogP contribution in [0.15, 0.2) is 0 Å². The molecule has 0 N–H and O–H groups in total. The third kappa shape index (κ3) is 4.67. The van der Waals surface area contributed by atoms with Gasteiger partial charge in [-0.05, 0) is 25.7 Å². The molecular formula is C14H24O4. The summed E-state index contributed by atoms with van der Waals surface area (Å²) >= 11 is 0. The standard InChI is InChI=1S/C14H24O4/c1-3-5-7-9-11-13(15)18-12(14(16)17-11)10-8-6-4-2/h11-12H,3-10H2,1-2H3. The van der Waals surface area contributed by atoms with Gasteiger partial charge in [-0.2, -0.15) is 0 Å². The molecule has 0 aromatic heterocycles. The molecule has 1 rings (SSSR count). The van der Waals surface area contributed by atoms with E-state index in [4.69, 9.17) is 9.47 Å². The molecule has 0 aliphatic carbocycles. The first-order valence-electron chi connectivity index (χ1n) is 7.10. The van der Waals surface area contributed by atoms with Crippen LogP contribution in [0.5, 0.6) is 0 Å². The lowest BCUT2D eigenvalue weighted by atomic mass is 10.1. The Morgan fingerprint density at radius 2 is 1.17 bits per heavy atom. The fourth-order valence-electron chi connectivity index (χ4n) is 2.04. The summed E-state index contributed by atoms with van der Waals surface area (Å²) in [6.07, 6.45) is 5.85. The van der Waals surface area contributed by atoms with Gasteiger partial charge < -0.3 is 9.47 Å². The van der Waals surface area contributed by atoms with Crippen molar-refractivity contribution in [1.82, 2.24) is 0 Å². The van der Waals surface area contributed by atoms with Crippen LogP contribution in [0.3, 0.4) is 0 Å². The summed E-state index contributed by atoms with van der Waals surface area (Å²) < 4.78 is 10.4. The van der Waals surface area contributed by atoms with E-state index in [-0.39, 0.29) is 11.9 Å². The molecule has 1 saturated heterocycles. The lowest BCUT2D eigenvalue weighted by molar-refractivity contribution is -0.196. The van der Waals surface area contributed by atoms with Gasteiger partial charge in [0.15, 0.2) is 12.2 Å². The van der Waals surface area contributed by atoms with Crippen LogP contribution in [0.2, 0.25) is 0 Å². The number of hydrogen-bond acceptors (Lipinski definition) is 4. The van der Waals surface area contributed by atoms with Crippen LogP contribution in [-0.4, -0.2) is 24.1 Å². The van der Waals surface area contributed by atoms with Crippen LogP contribution in [0, 0.1) is 0 Å². The largest absolute Gasteiger partial charge is 0.448 e. The normalized spacial score (nSPS) is 23.7. The van der Waals surface area contributed by atoms with Gasteiger partial charge in [0.25, 0.3) is 0 Å². The predicted molar refractivity (Wildman–Crippen MR) is 68.0 cm³/mol. The molecule has 1 fully saturated rings. The van der Waals surface area contributed by atoms with Gasteiger partial charge in [0.1, 0.15) is 0 Å². The Kier molecular flexibility index (Phi) is 6.76. The second-order valence-electron chi connectivity index (χ2n) is 4.84. The van der Waals surface area contributed by atoms with E-state index in [2.05, 4.69) is 13.8 Å². The van der Waals surface area contributed by atoms with Crippen LogP contribution < -0.4 is 0 Å². The van der Waals surface area contributed by atoms with E-state index < -0.39 is 12.2 Å². The Bertz CT molecular complexity index is 247. The molecule has 2 unspecified atom stereocenters. The highest BCUT2D eigenvalue weighted by atomic mass is 16.6. The van der Waals surface area contributed by atoms with Crippen LogP contribution in [0.25, 0.3) is 0 Å². The van der Waals surface area contributed by atoms with E-state index in [1.165, 1.54) is 0 Å². The van der Waals surface area contributed by atoms with Crippen molar-refractivity contribution in [2.24, 2.45) is 0 Å². The van der Waals surface area contributed by atoms with E-state index >= 15 is 0 Å². The number of carbonyl (C=O) groups is 2. The summed E-state index contributed by atoms with van der Waals surface area (Å²) in [5.41, 5.74) is 0. The highest BCUT2D eigenvalue weighted by Gasteiger charge is 2.37. The second-order valence-corrected chi connectivity index (χ2v) is 4.84. The molecule has 2 atom stereocenters. The zero-order chi connectivity index (χ0) is 13.4. The summed E-state index contributed by atoms with van der Waals surface area (Å²) in [5.74, 6) is -0.737. The average molecular weight is 256 g/mol. The molecule has 0 aromatic rings. The zero-order valence-corrected chi connectivity index (χ0v) is 11.4. The highest BCUT2D eigenvalue weighted by molar-refractivity contribution is 5.87. The molecular weight excluding hydrogens is 232 g/mol. The first-order chi connectivity index (χ1) is 8.69. The van der Waals surface area contributed by atoms with Crippen molar-refractivity contribution in [2.45, 2.75) is 77.4 Å². The van der Waals surface area contributed by atoms with Gasteiger partial charge in [-0.1, -0.05) is 39.5 Å². The molecule has 4 heteroatoms. The predicted octanol–water partition coefficient (Wildman–Crippen LogP) is 2.98. The second kappa shape index (κ2) is 8.11. The number of ether oxygens (including phenoxy) is 2. The number of carbonyl (C=O) groups excluding carboxylic acids is 2. The van der Waals surface area contributed by atoms with Gasteiger partial charge in [-0.3, -0.25) is 0 Å². The molecule has 4 nitrogen and oxygen atoms in total. The number of rotatable bonds is 8. The average Bonchev–Trinajstić information content (AvgIpc) is 2.35. The van der Waals surface area contributed by atoms with Gasteiger partial charge >= 0.3 is 11.9 Å². The molecule has 1 aliphatic rings. The lowest BCUT2D eigenvalue weighted by Gasteiger charge is -2.27.